The van der Waals surface area contributed by atoms with Gasteiger partial charge in [0.1, 0.15) is 0 Å². The summed E-state index contributed by atoms with van der Waals surface area (Å²) in [5.41, 5.74) is -0.217. The molecule has 0 fully saturated rings. The molecule has 0 spiro atoms. The van der Waals surface area contributed by atoms with Crippen LogP contribution in [0, 0.1) is 11.8 Å². The molecule has 4 N–H and O–H groups in total. The second-order valence-electron chi connectivity index (χ2n) is 17.1. The van der Waals surface area contributed by atoms with Crippen LogP contribution in [-0.2, 0) is 35.5 Å². The fourth-order valence-electron chi connectivity index (χ4n) is 10.2. The van der Waals surface area contributed by atoms with Crippen molar-refractivity contribution in [1.82, 2.24) is 0 Å². The van der Waals surface area contributed by atoms with Crippen LogP contribution in [0.1, 0.15) is 77.3 Å². The molecule has 61 heavy (non-hydrogen) atoms. The molecule has 9 nitrogen and oxygen atoms in total. The first-order valence-electron chi connectivity index (χ1n) is 21.6. The Morgan fingerprint density at radius 2 is 0.918 bits per heavy atom. The van der Waals surface area contributed by atoms with Crippen molar-refractivity contribution in [3.63, 3.8) is 0 Å². The molecule has 0 amide bonds. The molecule has 0 bridgehead atoms. The van der Waals surface area contributed by atoms with Crippen molar-refractivity contribution in [3.05, 3.63) is 120 Å². The highest BCUT2D eigenvalue weighted by Crippen LogP contribution is 2.53. The molecule has 0 aliphatic heterocycles. The van der Waals surface area contributed by atoms with Crippen LogP contribution < -0.4 is 0 Å². The van der Waals surface area contributed by atoms with Crippen LogP contribution in [0.25, 0.3) is 64.6 Å². The Morgan fingerprint density at radius 1 is 0.525 bits per heavy atom. The number of rotatable bonds is 20. The summed E-state index contributed by atoms with van der Waals surface area (Å²) in [6, 6.07) is 37.9. The van der Waals surface area contributed by atoms with E-state index in [9.17, 15) is 28.9 Å². The Bertz CT molecular complexity index is 2900. The highest BCUT2D eigenvalue weighted by atomic mass is 31.2. The molecular formula is C50H56O9P2. The topological polar surface area (TPSA) is 143 Å². The molecule has 11 heteroatoms. The van der Waals surface area contributed by atoms with Crippen LogP contribution in [0.3, 0.4) is 0 Å². The van der Waals surface area contributed by atoms with Crippen molar-refractivity contribution in [2.75, 3.05) is 13.2 Å². The van der Waals surface area contributed by atoms with E-state index in [1.807, 2.05) is 39.8 Å². The summed E-state index contributed by atoms with van der Waals surface area (Å²) in [4.78, 5) is 31.6. The first-order valence-corrected chi connectivity index (χ1v) is 24.6. The van der Waals surface area contributed by atoms with Crippen molar-refractivity contribution in [3.8, 4) is 0 Å². The molecule has 0 saturated heterocycles. The van der Waals surface area contributed by atoms with Gasteiger partial charge in [0, 0.05) is 6.61 Å². The van der Waals surface area contributed by atoms with E-state index in [0.29, 0.717) is 44.9 Å². The molecule has 8 aromatic rings. The zero-order chi connectivity index (χ0) is 43.2. The maximum Gasteiger partial charge on any atom is 0.472 e. The summed E-state index contributed by atoms with van der Waals surface area (Å²) in [6.07, 6.45) is 2.81. The predicted octanol–water partition coefficient (Wildman–Crippen LogP) is 12.6. The molecule has 0 aliphatic carbocycles. The molecule has 0 aromatic heterocycles. The van der Waals surface area contributed by atoms with E-state index in [-0.39, 0.29) is 25.6 Å². The smallest absolute Gasteiger partial charge is 0.396 e. The molecule has 8 rings (SSSR count). The van der Waals surface area contributed by atoms with Crippen LogP contribution in [-0.4, -0.2) is 44.2 Å². The van der Waals surface area contributed by atoms with Gasteiger partial charge in [-0.05, 0) is 139 Å². The van der Waals surface area contributed by atoms with E-state index in [0.717, 1.165) is 59.6 Å². The predicted molar refractivity (Wildman–Crippen MR) is 248 cm³/mol. The van der Waals surface area contributed by atoms with E-state index < -0.39 is 32.8 Å². The number of hydrogen-bond donors (Lipinski definition) is 4. The lowest BCUT2D eigenvalue weighted by Crippen LogP contribution is -2.36. The SMILES string of the molecule is CCC(CC)(CC(COP(=O)(O)OC(CC)(CC)CC(CO)Cc1cc2cccc3ccc4cccc1c4c32)Cc1cc2cccc3ccc4cccc1c4c32)OP(=O)(O)O. The summed E-state index contributed by atoms with van der Waals surface area (Å²) in [5.74, 6) is -0.788. The Kier molecular flexibility index (Phi) is 12.4. The normalized spacial score (nSPS) is 15.2. The van der Waals surface area contributed by atoms with Crippen molar-refractivity contribution in [2.45, 2.75) is 90.3 Å². The van der Waals surface area contributed by atoms with Crippen molar-refractivity contribution in [1.29, 1.82) is 0 Å². The summed E-state index contributed by atoms with van der Waals surface area (Å²) in [7, 11) is -9.63. The molecule has 0 radical (unpaired) electrons. The van der Waals surface area contributed by atoms with Crippen LogP contribution >= 0.6 is 15.6 Å². The monoisotopic (exact) mass is 862 g/mol. The third-order valence-corrected chi connectivity index (χ3v) is 15.2. The maximum atomic E-state index is 14.2. The number of phosphoric acid groups is 2. The van der Waals surface area contributed by atoms with Gasteiger partial charge in [-0.3, -0.25) is 13.6 Å². The lowest BCUT2D eigenvalue weighted by atomic mass is 9.82. The standard InChI is InChI=1S/C50H56O9P2/c1-5-49(6-2,58-60(52,53)54)30-34(26-42-28-40-18-10-14-36-22-24-38-16-12-20-44(42)48(38)46(36)40)32-57-61(55,56)59-50(7-3,8-4)29-33(31-51)25-41-27-39-17-9-13-35-21-23-37-15-11-19-43(41)47(37)45(35)39/h9-24,27-28,33-34,51H,5-8,25-26,29-32H2,1-4H3,(H,55,56)(H2,52,53,54). The minimum absolute atomic E-state index is 0.142. The summed E-state index contributed by atoms with van der Waals surface area (Å²) >= 11 is 0. The van der Waals surface area contributed by atoms with Crippen molar-refractivity contribution in [2.24, 2.45) is 11.8 Å². The molecule has 0 heterocycles. The van der Waals surface area contributed by atoms with Gasteiger partial charge in [0.2, 0.25) is 0 Å². The van der Waals surface area contributed by atoms with E-state index in [1.165, 1.54) is 16.2 Å². The molecule has 3 unspecified atom stereocenters. The van der Waals surface area contributed by atoms with E-state index in [2.05, 4.69) is 97.1 Å². The van der Waals surface area contributed by atoms with Crippen LogP contribution in [0.15, 0.2) is 109 Å². The molecule has 0 saturated carbocycles. The van der Waals surface area contributed by atoms with E-state index in [1.54, 1.807) is 0 Å². The average molecular weight is 863 g/mol. The van der Waals surface area contributed by atoms with Gasteiger partial charge in [-0.25, -0.2) is 9.13 Å². The summed E-state index contributed by atoms with van der Waals surface area (Å²) < 4.78 is 44.3. The van der Waals surface area contributed by atoms with Gasteiger partial charge in [0.05, 0.1) is 17.8 Å². The minimum atomic E-state index is -4.89. The number of benzene rings is 8. The lowest BCUT2D eigenvalue weighted by molar-refractivity contribution is -0.0223. The quantitative estimate of drug-likeness (QED) is 0.0435. The van der Waals surface area contributed by atoms with Gasteiger partial charge >= 0.3 is 15.6 Å². The zero-order valence-electron chi connectivity index (χ0n) is 35.3. The van der Waals surface area contributed by atoms with Gasteiger partial charge in [-0.1, -0.05) is 137 Å². The van der Waals surface area contributed by atoms with Crippen LogP contribution in [0.5, 0.6) is 0 Å². The highest BCUT2D eigenvalue weighted by molar-refractivity contribution is 7.47. The summed E-state index contributed by atoms with van der Waals surface area (Å²) in [6.45, 7) is 7.12. The van der Waals surface area contributed by atoms with Crippen molar-refractivity contribution >= 4 is 80.3 Å². The Labute approximate surface area is 357 Å². The van der Waals surface area contributed by atoms with E-state index in [4.69, 9.17) is 13.6 Å². The number of aliphatic hydroxyl groups is 1. The van der Waals surface area contributed by atoms with Crippen molar-refractivity contribution < 1.29 is 42.5 Å². The third-order valence-electron chi connectivity index (χ3n) is 13.5. The fraction of sp³-hybridized carbons (Fsp3) is 0.360. The van der Waals surface area contributed by atoms with Gasteiger partial charge < -0.3 is 19.8 Å². The number of aliphatic hydroxyl groups excluding tert-OH is 1. The number of phosphoric ester groups is 2. The second kappa shape index (κ2) is 17.3. The second-order valence-corrected chi connectivity index (χ2v) is 19.7. The molecule has 320 valence electrons. The summed E-state index contributed by atoms with van der Waals surface area (Å²) in [5, 5.41) is 24.5. The number of hydrogen-bond acceptors (Lipinski definition) is 6. The fourth-order valence-corrected chi connectivity index (χ4v) is 12.3. The van der Waals surface area contributed by atoms with E-state index >= 15 is 0 Å². The lowest BCUT2D eigenvalue weighted by Gasteiger charge is -2.37. The Morgan fingerprint density at radius 3 is 1.36 bits per heavy atom. The average Bonchev–Trinajstić information content (AvgIpc) is 3.25. The van der Waals surface area contributed by atoms with Gasteiger partial charge in [0.25, 0.3) is 0 Å². The third kappa shape index (κ3) is 8.84. The zero-order valence-corrected chi connectivity index (χ0v) is 37.1. The molecular weight excluding hydrogens is 806 g/mol. The largest absolute Gasteiger partial charge is 0.472 e. The van der Waals surface area contributed by atoms with Crippen LogP contribution in [0.2, 0.25) is 0 Å². The first-order chi connectivity index (χ1) is 29.2. The highest BCUT2D eigenvalue weighted by Gasteiger charge is 2.41. The van der Waals surface area contributed by atoms with Gasteiger partial charge in [-0.2, -0.15) is 0 Å². The molecule has 3 atom stereocenters. The Hall–Kier alpha value is -3.98. The Balaban J connectivity index is 1.07. The van der Waals surface area contributed by atoms with Crippen LogP contribution in [0.4, 0.5) is 0 Å². The first kappa shape index (κ1) is 43.7. The van der Waals surface area contributed by atoms with Gasteiger partial charge in [0.15, 0.2) is 0 Å². The molecule has 0 aliphatic rings. The molecule has 8 aromatic carbocycles. The maximum absolute atomic E-state index is 14.2. The minimum Gasteiger partial charge on any atom is -0.396 e. The van der Waals surface area contributed by atoms with Gasteiger partial charge in [-0.15, -0.1) is 0 Å².